The lowest BCUT2D eigenvalue weighted by Gasteiger charge is -2.10. The molecule has 0 aliphatic carbocycles. The number of benzene rings is 1. The lowest BCUT2D eigenvalue weighted by atomic mass is 10.3. The van der Waals surface area contributed by atoms with E-state index in [1.54, 1.807) is 0 Å². The summed E-state index contributed by atoms with van der Waals surface area (Å²) >= 11 is 0. The third kappa shape index (κ3) is 4.02. The largest absolute Gasteiger partial charge is 0.493 e. The molecule has 18 heavy (non-hydrogen) atoms. The molecule has 0 aliphatic heterocycles. The van der Waals surface area contributed by atoms with Crippen molar-refractivity contribution in [3.05, 3.63) is 18.2 Å². The van der Waals surface area contributed by atoms with E-state index in [0.717, 1.165) is 0 Å². The highest BCUT2D eigenvalue weighted by atomic mass is 35.5. The Morgan fingerprint density at radius 3 is 2.33 bits per heavy atom. The van der Waals surface area contributed by atoms with Crippen LogP contribution in [-0.2, 0) is 10.0 Å². The third-order valence-electron chi connectivity index (χ3n) is 2.10. The molecule has 8 heteroatoms. The summed E-state index contributed by atoms with van der Waals surface area (Å²) in [5.41, 5.74) is 5.24. The number of halogens is 1. The van der Waals surface area contributed by atoms with Crippen molar-refractivity contribution >= 4 is 22.4 Å². The highest BCUT2D eigenvalue weighted by Crippen LogP contribution is 2.29. The zero-order chi connectivity index (χ0) is 12.9. The second kappa shape index (κ2) is 7.42. The first-order valence-electron chi connectivity index (χ1n) is 4.97. The summed E-state index contributed by atoms with van der Waals surface area (Å²) in [6.45, 7) is 0.434. The van der Waals surface area contributed by atoms with Crippen LogP contribution >= 0.6 is 12.4 Å². The van der Waals surface area contributed by atoms with Gasteiger partial charge in [-0.05, 0) is 12.1 Å². The molecule has 0 bridgehead atoms. The van der Waals surface area contributed by atoms with Gasteiger partial charge >= 0.3 is 0 Å². The Labute approximate surface area is 113 Å². The molecule has 0 heterocycles. The van der Waals surface area contributed by atoms with E-state index in [4.69, 9.17) is 15.2 Å². The summed E-state index contributed by atoms with van der Waals surface area (Å²) in [7, 11) is -0.615. The minimum Gasteiger partial charge on any atom is -0.493 e. The van der Waals surface area contributed by atoms with Crippen molar-refractivity contribution in [1.82, 2.24) is 4.72 Å². The fourth-order valence-electron chi connectivity index (χ4n) is 1.26. The lowest BCUT2D eigenvalue weighted by Crippen LogP contribution is -2.29. The fraction of sp³-hybridized carbons (Fsp3) is 0.400. The standard InChI is InChI=1S/C10H16N2O4S.ClH/c1-15-9-4-3-8(7-10(9)16-2)17(13,14)12-6-5-11;/h3-4,7,12H,5-6,11H2,1-2H3;1H. The number of sulfonamides is 1. The third-order valence-corrected chi connectivity index (χ3v) is 3.56. The van der Waals surface area contributed by atoms with Gasteiger partial charge in [0.15, 0.2) is 11.5 Å². The van der Waals surface area contributed by atoms with E-state index in [9.17, 15) is 8.42 Å². The average Bonchev–Trinajstić information content (AvgIpc) is 2.35. The highest BCUT2D eigenvalue weighted by Gasteiger charge is 2.15. The van der Waals surface area contributed by atoms with Crippen LogP contribution in [0.4, 0.5) is 0 Å². The first-order valence-corrected chi connectivity index (χ1v) is 6.45. The molecular formula is C10H17ClN2O4S. The quantitative estimate of drug-likeness (QED) is 0.791. The van der Waals surface area contributed by atoms with Crippen molar-refractivity contribution in [2.24, 2.45) is 5.73 Å². The number of nitrogens with two attached hydrogens (primary N) is 1. The molecule has 1 aromatic carbocycles. The highest BCUT2D eigenvalue weighted by molar-refractivity contribution is 7.89. The molecule has 0 saturated heterocycles. The topological polar surface area (TPSA) is 90.7 Å². The van der Waals surface area contributed by atoms with Crippen LogP contribution in [0, 0.1) is 0 Å². The van der Waals surface area contributed by atoms with Gasteiger partial charge in [0.1, 0.15) is 0 Å². The molecule has 3 N–H and O–H groups in total. The van der Waals surface area contributed by atoms with Gasteiger partial charge in [0.05, 0.1) is 19.1 Å². The van der Waals surface area contributed by atoms with Gasteiger partial charge in [-0.25, -0.2) is 13.1 Å². The molecule has 104 valence electrons. The van der Waals surface area contributed by atoms with Crippen LogP contribution in [0.15, 0.2) is 23.1 Å². The van der Waals surface area contributed by atoms with E-state index in [0.29, 0.717) is 11.5 Å². The number of methoxy groups -OCH3 is 2. The SMILES string of the molecule is COc1ccc(S(=O)(=O)NCCN)cc1OC.Cl. The minimum absolute atomic E-state index is 0. The molecule has 0 spiro atoms. The molecule has 0 unspecified atom stereocenters. The van der Waals surface area contributed by atoms with Crippen LogP contribution in [0.1, 0.15) is 0 Å². The number of ether oxygens (including phenoxy) is 2. The van der Waals surface area contributed by atoms with Gasteiger partial charge in [0, 0.05) is 19.2 Å². The van der Waals surface area contributed by atoms with Crippen molar-refractivity contribution in [1.29, 1.82) is 0 Å². The Bertz CT molecular complexity index is 479. The Morgan fingerprint density at radius 1 is 1.22 bits per heavy atom. The van der Waals surface area contributed by atoms with E-state index >= 15 is 0 Å². The van der Waals surface area contributed by atoms with Crippen LogP contribution in [0.3, 0.4) is 0 Å². The Morgan fingerprint density at radius 2 is 1.83 bits per heavy atom. The van der Waals surface area contributed by atoms with Crippen molar-refractivity contribution in [3.63, 3.8) is 0 Å². The smallest absolute Gasteiger partial charge is 0.240 e. The predicted molar refractivity (Wildman–Crippen MR) is 71.0 cm³/mol. The van der Waals surface area contributed by atoms with E-state index in [-0.39, 0.29) is 30.4 Å². The Hall–Kier alpha value is -1.02. The van der Waals surface area contributed by atoms with Gasteiger partial charge in [-0.3, -0.25) is 0 Å². The monoisotopic (exact) mass is 296 g/mol. The number of hydrogen-bond acceptors (Lipinski definition) is 5. The lowest BCUT2D eigenvalue weighted by molar-refractivity contribution is 0.354. The van der Waals surface area contributed by atoms with Crippen LogP contribution in [0.25, 0.3) is 0 Å². The summed E-state index contributed by atoms with van der Waals surface area (Å²) in [5, 5.41) is 0. The van der Waals surface area contributed by atoms with E-state index < -0.39 is 10.0 Å². The second-order valence-corrected chi connectivity index (χ2v) is 4.97. The molecule has 1 rings (SSSR count). The molecule has 0 aromatic heterocycles. The summed E-state index contributed by atoms with van der Waals surface area (Å²) in [4.78, 5) is 0.114. The van der Waals surface area contributed by atoms with Gasteiger partial charge in [-0.15, -0.1) is 12.4 Å². The summed E-state index contributed by atoms with van der Waals surface area (Å²) in [6, 6.07) is 4.38. The average molecular weight is 297 g/mol. The van der Waals surface area contributed by atoms with Crippen LogP contribution < -0.4 is 19.9 Å². The number of nitrogens with one attached hydrogen (secondary N) is 1. The zero-order valence-electron chi connectivity index (χ0n) is 10.2. The molecule has 1 aromatic rings. The van der Waals surface area contributed by atoms with Crippen molar-refractivity contribution < 1.29 is 17.9 Å². The summed E-state index contributed by atoms with van der Waals surface area (Å²) in [5.74, 6) is 0.841. The molecule has 0 amide bonds. The Kier molecular flexibility index (Phi) is 7.00. The number of hydrogen-bond donors (Lipinski definition) is 2. The molecular weight excluding hydrogens is 280 g/mol. The van der Waals surface area contributed by atoms with Crippen molar-refractivity contribution in [3.8, 4) is 11.5 Å². The number of rotatable bonds is 6. The van der Waals surface area contributed by atoms with E-state index in [2.05, 4.69) is 4.72 Å². The molecule has 0 atom stereocenters. The Balaban J connectivity index is 0.00000289. The molecule has 0 radical (unpaired) electrons. The normalized spacial score (nSPS) is 10.6. The van der Waals surface area contributed by atoms with E-state index in [1.807, 2.05) is 0 Å². The summed E-state index contributed by atoms with van der Waals surface area (Å²) in [6.07, 6.45) is 0. The van der Waals surface area contributed by atoms with E-state index in [1.165, 1.54) is 32.4 Å². The fourth-order valence-corrected chi connectivity index (χ4v) is 2.32. The first-order chi connectivity index (χ1) is 8.05. The van der Waals surface area contributed by atoms with Crippen LogP contribution in [-0.4, -0.2) is 35.7 Å². The maximum Gasteiger partial charge on any atom is 0.240 e. The second-order valence-electron chi connectivity index (χ2n) is 3.20. The maximum atomic E-state index is 11.8. The first kappa shape index (κ1) is 17.0. The van der Waals surface area contributed by atoms with Crippen LogP contribution in [0.5, 0.6) is 11.5 Å². The molecule has 0 aliphatic rings. The zero-order valence-corrected chi connectivity index (χ0v) is 11.8. The van der Waals surface area contributed by atoms with Gasteiger partial charge in [-0.2, -0.15) is 0 Å². The predicted octanol–water partition coefficient (Wildman–Crippen LogP) is 0.363. The van der Waals surface area contributed by atoms with Gasteiger partial charge in [-0.1, -0.05) is 0 Å². The molecule has 0 fully saturated rings. The maximum absolute atomic E-state index is 11.8. The van der Waals surface area contributed by atoms with Gasteiger partial charge < -0.3 is 15.2 Å². The van der Waals surface area contributed by atoms with Crippen molar-refractivity contribution in [2.45, 2.75) is 4.90 Å². The summed E-state index contributed by atoms with van der Waals surface area (Å²) < 4.78 is 36.0. The van der Waals surface area contributed by atoms with Gasteiger partial charge in [0.25, 0.3) is 0 Å². The van der Waals surface area contributed by atoms with Gasteiger partial charge in [0.2, 0.25) is 10.0 Å². The molecule has 6 nitrogen and oxygen atoms in total. The van der Waals surface area contributed by atoms with Crippen molar-refractivity contribution in [2.75, 3.05) is 27.3 Å². The molecule has 0 saturated carbocycles. The van der Waals surface area contributed by atoms with Crippen LogP contribution in [0.2, 0.25) is 0 Å². The minimum atomic E-state index is -3.55.